The van der Waals surface area contributed by atoms with Crippen molar-refractivity contribution >= 4 is 11.6 Å². The van der Waals surface area contributed by atoms with Gasteiger partial charge in [-0.1, -0.05) is 36.6 Å². The lowest BCUT2D eigenvalue weighted by Crippen LogP contribution is -2.29. The first-order valence-electron chi connectivity index (χ1n) is 4.70. The van der Waals surface area contributed by atoms with Crippen LogP contribution >= 0.6 is 11.6 Å². The van der Waals surface area contributed by atoms with Crippen LogP contribution in [0.15, 0.2) is 24.3 Å². The van der Waals surface area contributed by atoms with Gasteiger partial charge in [-0.3, -0.25) is 0 Å². The third-order valence-electron chi connectivity index (χ3n) is 2.00. The van der Waals surface area contributed by atoms with Crippen molar-refractivity contribution in [2.24, 2.45) is 0 Å². The third kappa shape index (κ3) is 3.41. The fourth-order valence-electron chi connectivity index (χ4n) is 1.29. The van der Waals surface area contributed by atoms with Gasteiger partial charge in [0.2, 0.25) is 0 Å². The van der Waals surface area contributed by atoms with E-state index in [1.165, 1.54) is 5.56 Å². The number of hydrogen-bond acceptors (Lipinski definition) is 1. The van der Waals surface area contributed by atoms with Crippen LogP contribution in [0.5, 0.6) is 0 Å². The molecule has 0 saturated carbocycles. The Morgan fingerprint density at radius 1 is 1.43 bits per heavy atom. The van der Waals surface area contributed by atoms with Gasteiger partial charge in [0.25, 0.3) is 0 Å². The highest BCUT2D eigenvalue weighted by Gasteiger charge is 2.03. The molecule has 0 saturated heterocycles. The summed E-state index contributed by atoms with van der Waals surface area (Å²) in [5.74, 6) is 2.72. The lowest BCUT2D eigenvalue weighted by atomic mass is 10.1. The molecule has 1 atom stereocenters. The Morgan fingerprint density at radius 3 is 2.57 bits per heavy atom. The average molecular weight is 208 g/mol. The van der Waals surface area contributed by atoms with Crippen molar-refractivity contribution in [3.8, 4) is 12.3 Å². The van der Waals surface area contributed by atoms with Crippen LogP contribution in [0.1, 0.15) is 12.5 Å². The van der Waals surface area contributed by atoms with Gasteiger partial charge in [0.05, 0.1) is 6.04 Å². The molecule has 0 fully saturated rings. The van der Waals surface area contributed by atoms with Crippen LogP contribution in [0.4, 0.5) is 0 Å². The molecule has 0 aromatic heterocycles. The highest BCUT2D eigenvalue weighted by molar-refractivity contribution is 6.30. The monoisotopic (exact) mass is 207 g/mol. The van der Waals surface area contributed by atoms with Gasteiger partial charge in [-0.05, 0) is 30.7 Å². The standard InChI is InChI=1S/C12H14ClN/c1-3-12(14-4-2)9-10-5-7-11(13)8-6-10/h1,5-8,12,14H,4,9H2,2H3. The molecule has 0 amide bonds. The minimum Gasteiger partial charge on any atom is -0.304 e. The third-order valence-corrected chi connectivity index (χ3v) is 2.26. The maximum absolute atomic E-state index is 5.79. The molecule has 0 aliphatic heterocycles. The maximum atomic E-state index is 5.79. The van der Waals surface area contributed by atoms with Crippen LogP contribution in [0.2, 0.25) is 5.02 Å². The average Bonchev–Trinajstić information content (AvgIpc) is 2.20. The van der Waals surface area contributed by atoms with Gasteiger partial charge < -0.3 is 5.32 Å². The number of halogens is 1. The summed E-state index contributed by atoms with van der Waals surface area (Å²) in [6.07, 6.45) is 6.25. The highest BCUT2D eigenvalue weighted by atomic mass is 35.5. The zero-order chi connectivity index (χ0) is 10.4. The Bertz CT molecular complexity index is 310. The lowest BCUT2D eigenvalue weighted by Gasteiger charge is -2.11. The fourth-order valence-corrected chi connectivity index (χ4v) is 1.42. The SMILES string of the molecule is C#CC(Cc1ccc(Cl)cc1)NCC. The molecule has 1 unspecified atom stereocenters. The van der Waals surface area contributed by atoms with E-state index in [2.05, 4.69) is 11.2 Å². The first kappa shape index (κ1) is 11.1. The first-order valence-corrected chi connectivity index (χ1v) is 5.08. The van der Waals surface area contributed by atoms with Crippen LogP contribution in [0, 0.1) is 12.3 Å². The van der Waals surface area contributed by atoms with E-state index >= 15 is 0 Å². The number of likely N-dealkylation sites (N-methyl/N-ethyl adjacent to an activating group) is 1. The molecule has 0 bridgehead atoms. The summed E-state index contributed by atoms with van der Waals surface area (Å²) in [6, 6.07) is 7.89. The molecule has 1 nitrogen and oxygen atoms in total. The van der Waals surface area contributed by atoms with Crippen LogP contribution in [0.25, 0.3) is 0 Å². The summed E-state index contributed by atoms with van der Waals surface area (Å²) in [4.78, 5) is 0. The molecule has 1 aromatic carbocycles. The van der Waals surface area contributed by atoms with Crippen molar-refractivity contribution in [2.75, 3.05) is 6.54 Å². The van der Waals surface area contributed by atoms with Crippen LogP contribution in [-0.2, 0) is 6.42 Å². The molecule has 2 heteroatoms. The minimum atomic E-state index is 0.112. The van der Waals surface area contributed by atoms with Crippen molar-refractivity contribution in [1.29, 1.82) is 0 Å². The number of rotatable bonds is 4. The van der Waals surface area contributed by atoms with E-state index in [1.807, 2.05) is 31.2 Å². The van der Waals surface area contributed by atoms with Crippen LogP contribution < -0.4 is 5.32 Å². The largest absolute Gasteiger partial charge is 0.304 e. The normalized spacial score (nSPS) is 12.1. The van der Waals surface area contributed by atoms with E-state index in [0.717, 1.165) is 18.0 Å². The van der Waals surface area contributed by atoms with Gasteiger partial charge in [0.15, 0.2) is 0 Å². The molecule has 74 valence electrons. The van der Waals surface area contributed by atoms with Crippen LogP contribution in [0.3, 0.4) is 0 Å². The van der Waals surface area contributed by atoms with Crippen LogP contribution in [-0.4, -0.2) is 12.6 Å². The molecule has 14 heavy (non-hydrogen) atoms. The van der Waals surface area contributed by atoms with E-state index in [9.17, 15) is 0 Å². The van der Waals surface area contributed by atoms with E-state index in [4.69, 9.17) is 18.0 Å². The molecule has 0 heterocycles. The molecule has 0 aliphatic carbocycles. The number of terminal acetylenes is 1. The van der Waals surface area contributed by atoms with Crippen molar-refractivity contribution in [3.05, 3.63) is 34.9 Å². The smallest absolute Gasteiger partial charge is 0.0727 e. The Labute approximate surface area is 90.5 Å². The maximum Gasteiger partial charge on any atom is 0.0727 e. The van der Waals surface area contributed by atoms with Crippen molar-refractivity contribution in [1.82, 2.24) is 5.32 Å². The topological polar surface area (TPSA) is 12.0 Å². The first-order chi connectivity index (χ1) is 6.76. The van der Waals surface area contributed by atoms with Gasteiger partial charge >= 0.3 is 0 Å². The molecule has 0 spiro atoms. The quantitative estimate of drug-likeness (QED) is 0.749. The summed E-state index contributed by atoms with van der Waals surface area (Å²) in [5.41, 5.74) is 1.21. The second-order valence-electron chi connectivity index (χ2n) is 3.11. The fraction of sp³-hybridized carbons (Fsp3) is 0.333. The molecule has 1 aromatic rings. The van der Waals surface area contributed by atoms with Crippen molar-refractivity contribution in [2.45, 2.75) is 19.4 Å². The predicted molar refractivity (Wildman–Crippen MR) is 61.5 cm³/mol. The van der Waals surface area contributed by atoms with Gasteiger partial charge in [0, 0.05) is 5.02 Å². The number of hydrogen-bond donors (Lipinski definition) is 1. The van der Waals surface area contributed by atoms with E-state index < -0.39 is 0 Å². The summed E-state index contributed by atoms with van der Waals surface area (Å²) in [6.45, 7) is 2.94. The predicted octanol–water partition coefficient (Wildman–Crippen LogP) is 2.49. The van der Waals surface area contributed by atoms with Gasteiger partial charge in [-0.2, -0.15) is 0 Å². The summed E-state index contributed by atoms with van der Waals surface area (Å²) >= 11 is 5.79. The van der Waals surface area contributed by atoms with Gasteiger partial charge in [0.1, 0.15) is 0 Å². The van der Waals surface area contributed by atoms with Gasteiger partial charge in [-0.25, -0.2) is 0 Å². The molecule has 0 radical (unpaired) electrons. The van der Waals surface area contributed by atoms with Crippen molar-refractivity contribution in [3.63, 3.8) is 0 Å². The van der Waals surface area contributed by atoms with E-state index in [-0.39, 0.29) is 6.04 Å². The molecule has 1 rings (SSSR count). The zero-order valence-electron chi connectivity index (χ0n) is 8.26. The Hall–Kier alpha value is -0.970. The lowest BCUT2D eigenvalue weighted by molar-refractivity contribution is 0.628. The van der Waals surface area contributed by atoms with E-state index in [0.29, 0.717) is 0 Å². The highest BCUT2D eigenvalue weighted by Crippen LogP contribution is 2.10. The molecule has 0 aliphatic rings. The van der Waals surface area contributed by atoms with Crippen molar-refractivity contribution < 1.29 is 0 Å². The molecular formula is C12H14ClN. The molecule has 1 N–H and O–H groups in total. The number of nitrogens with one attached hydrogen (secondary N) is 1. The summed E-state index contributed by atoms with van der Waals surface area (Å²) in [7, 11) is 0. The Kier molecular flexibility index (Phi) is 4.52. The summed E-state index contributed by atoms with van der Waals surface area (Å²) in [5, 5.41) is 3.99. The summed E-state index contributed by atoms with van der Waals surface area (Å²) < 4.78 is 0. The minimum absolute atomic E-state index is 0.112. The molecular weight excluding hydrogens is 194 g/mol. The second-order valence-corrected chi connectivity index (χ2v) is 3.54. The zero-order valence-corrected chi connectivity index (χ0v) is 9.01. The number of benzene rings is 1. The van der Waals surface area contributed by atoms with Gasteiger partial charge in [-0.15, -0.1) is 6.42 Å². The Morgan fingerprint density at radius 2 is 2.07 bits per heavy atom. The second kappa shape index (κ2) is 5.70. The Balaban J connectivity index is 2.59. The van der Waals surface area contributed by atoms with E-state index in [1.54, 1.807) is 0 Å².